The first-order chi connectivity index (χ1) is 13.4. The summed E-state index contributed by atoms with van der Waals surface area (Å²) in [6.07, 6.45) is 0. The highest BCUT2D eigenvalue weighted by Crippen LogP contribution is 2.35. The van der Waals surface area contributed by atoms with E-state index in [0.29, 0.717) is 37.8 Å². The first-order valence-electron chi connectivity index (χ1n) is 8.02. The van der Waals surface area contributed by atoms with Crippen LogP contribution in [0.5, 0.6) is 0 Å². The summed E-state index contributed by atoms with van der Waals surface area (Å²) < 4.78 is 1.36. The van der Waals surface area contributed by atoms with E-state index >= 15 is 0 Å². The number of halogens is 3. The first-order valence-corrected chi connectivity index (χ1v) is 9.16. The van der Waals surface area contributed by atoms with Gasteiger partial charge in [-0.2, -0.15) is 0 Å². The maximum absolute atomic E-state index is 12.9. The van der Waals surface area contributed by atoms with Crippen LogP contribution in [-0.2, 0) is 7.05 Å². The summed E-state index contributed by atoms with van der Waals surface area (Å²) in [6.45, 7) is 0. The van der Waals surface area contributed by atoms with E-state index in [1.54, 1.807) is 25.2 Å². The fraction of sp³-hybridized carbons (Fsp3) is 0.0556. The second kappa shape index (κ2) is 7.35. The molecule has 1 amide bonds. The lowest BCUT2D eigenvalue weighted by Crippen LogP contribution is -2.16. The number of benzene rings is 2. The Kier molecular flexibility index (Phi) is 4.89. The standard InChI is InChI=1S/C18H11Cl3N6O/c1-27-18(24-25-26-27)23-17(28)11-8-15(22-14-5-3-2-4-10(11)14)9-6-12(19)16(21)13(20)7-9/h2-8H,1H3,(H,23,24,26,28). The fourth-order valence-corrected chi connectivity index (χ4v) is 3.31. The van der Waals surface area contributed by atoms with E-state index in [4.69, 9.17) is 34.8 Å². The van der Waals surface area contributed by atoms with Gasteiger partial charge < -0.3 is 0 Å². The smallest absolute Gasteiger partial charge is 0.258 e. The van der Waals surface area contributed by atoms with Gasteiger partial charge in [0.1, 0.15) is 0 Å². The molecular weight excluding hydrogens is 423 g/mol. The second-order valence-electron chi connectivity index (χ2n) is 5.91. The molecule has 0 fully saturated rings. The van der Waals surface area contributed by atoms with E-state index < -0.39 is 0 Å². The van der Waals surface area contributed by atoms with Crippen LogP contribution in [0.15, 0.2) is 42.5 Å². The van der Waals surface area contributed by atoms with Crippen molar-refractivity contribution in [2.45, 2.75) is 0 Å². The number of tetrazole rings is 1. The van der Waals surface area contributed by atoms with Gasteiger partial charge in [0, 0.05) is 18.0 Å². The number of aromatic nitrogens is 5. The van der Waals surface area contributed by atoms with E-state index in [1.807, 2.05) is 24.3 Å². The Hall–Kier alpha value is -2.74. The Morgan fingerprint density at radius 3 is 2.46 bits per heavy atom. The first kappa shape index (κ1) is 18.6. The van der Waals surface area contributed by atoms with Gasteiger partial charge in [0.05, 0.1) is 31.8 Å². The maximum atomic E-state index is 12.9. The fourth-order valence-electron chi connectivity index (χ4n) is 2.72. The minimum atomic E-state index is -0.371. The number of carbonyl (C=O) groups is 1. The van der Waals surface area contributed by atoms with Gasteiger partial charge in [0.25, 0.3) is 5.91 Å². The summed E-state index contributed by atoms with van der Waals surface area (Å²) in [5.41, 5.74) is 2.22. The van der Waals surface area contributed by atoms with Crippen molar-refractivity contribution in [3.05, 3.63) is 63.1 Å². The van der Waals surface area contributed by atoms with Crippen molar-refractivity contribution >= 4 is 57.6 Å². The van der Waals surface area contributed by atoms with Crippen molar-refractivity contribution in [2.24, 2.45) is 7.05 Å². The summed E-state index contributed by atoms with van der Waals surface area (Å²) in [5, 5.41) is 15.3. The van der Waals surface area contributed by atoms with Crippen molar-refractivity contribution in [2.75, 3.05) is 5.32 Å². The number of nitrogens with zero attached hydrogens (tertiary/aromatic N) is 5. The molecule has 0 unspecified atom stereocenters. The predicted octanol–water partition coefficient (Wildman–Crippen LogP) is 4.64. The Labute approximate surface area is 174 Å². The van der Waals surface area contributed by atoms with Gasteiger partial charge in [-0.15, -0.1) is 0 Å². The number of carbonyl (C=O) groups excluding carboxylic acids is 1. The lowest BCUT2D eigenvalue weighted by atomic mass is 10.0. The van der Waals surface area contributed by atoms with E-state index in [2.05, 4.69) is 25.8 Å². The summed E-state index contributed by atoms with van der Waals surface area (Å²) >= 11 is 18.3. The van der Waals surface area contributed by atoms with Crippen LogP contribution in [0.25, 0.3) is 22.2 Å². The number of amides is 1. The Morgan fingerprint density at radius 2 is 1.79 bits per heavy atom. The number of hydrogen-bond donors (Lipinski definition) is 1. The molecule has 0 spiro atoms. The molecule has 0 saturated heterocycles. The van der Waals surface area contributed by atoms with Crippen molar-refractivity contribution in [1.82, 2.24) is 25.2 Å². The monoisotopic (exact) mass is 432 g/mol. The molecule has 140 valence electrons. The zero-order chi connectivity index (χ0) is 19.8. The van der Waals surface area contributed by atoms with Gasteiger partial charge in [-0.1, -0.05) is 58.1 Å². The van der Waals surface area contributed by atoms with Crippen LogP contribution in [0.3, 0.4) is 0 Å². The van der Waals surface area contributed by atoms with Crippen LogP contribution < -0.4 is 5.32 Å². The molecule has 0 bridgehead atoms. The molecule has 1 N–H and O–H groups in total. The van der Waals surface area contributed by atoms with Crippen molar-refractivity contribution < 1.29 is 4.79 Å². The zero-order valence-electron chi connectivity index (χ0n) is 14.3. The minimum absolute atomic E-state index is 0.227. The number of para-hydroxylation sites is 1. The van der Waals surface area contributed by atoms with E-state index in [0.717, 1.165) is 0 Å². The molecule has 0 atom stereocenters. The van der Waals surface area contributed by atoms with Gasteiger partial charge in [-0.25, -0.2) is 9.67 Å². The van der Waals surface area contributed by atoms with Crippen LogP contribution in [0, 0.1) is 0 Å². The highest BCUT2D eigenvalue weighted by atomic mass is 35.5. The third kappa shape index (κ3) is 3.40. The number of pyridine rings is 1. The third-order valence-electron chi connectivity index (χ3n) is 4.09. The largest absolute Gasteiger partial charge is 0.289 e. The van der Waals surface area contributed by atoms with Crippen LogP contribution >= 0.6 is 34.8 Å². The topological polar surface area (TPSA) is 85.6 Å². The number of aryl methyl sites for hydroxylation is 1. The molecule has 0 aliphatic carbocycles. The third-order valence-corrected chi connectivity index (χ3v) is 5.28. The van der Waals surface area contributed by atoms with E-state index in [9.17, 15) is 4.79 Å². The molecule has 28 heavy (non-hydrogen) atoms. The quantitative estimate of drug-likeness (QED) is 0.476. The number of rotatable bonds is 3. The molecule has 2 heterocycles. The van der Waals surface area contributed by atoms with Crippen molar-refractivity contribution in [3.8, 4) is 11.3 Å². The average Bonchev–Trinajstić information content (AvgIpc) is 3.09. The van der Waals surface area contributed by atoms with E-state index in [1.165, 1.54) is 4.68 Å². The molecule has 2 aromatic heterocycles. The molecule has 10 heteroatoms. The highest BCUT2D eigenvalue weighted by Gasteiger charge is 2.17. The molecular formula is C18H11Cl3N6O. The molecule has 0 aliphatic heterocycles. The zero-order valence-corrected chi connectivity index (χ0v) is 16.6. The summed E-state index contributed by atoms with van der Waals surface area (Å²) in [6, 6.07) is 12.3. The summed E-state index contributed by atoms with van der Waals surface area (Å²) in [7, 11) is 1.63. The summed E-state index contributed by atoms with van der Waals surface area (Å²) in [4.78, 5) is 17.6. The van der Waals surface area contributed by atoms with Gasteiger partial charge in [0.15, 0.2) is 0 Å². The van der Waals surface area contributed by atoms with Gasteiger partial charge in [-0.3, -0.25) is 10.1 Å². The number of fused-ring (bicyclic) bond motifs is 1. The predicted molar refractivity (Wildman–Crippen MR) is 109 cm³/mol. The van der Waals surface area contributed by atoms with Crippen molar-refractivity contribution in [1.29, 1.82) is 0 Å². The lowest BCUT2D eigenvalue weighted by molar-refractivity contribution is 0.102. The normalized spacial score (nSPS) is 11.0. The molecule has 0 radical (unpaired) electrons. The number of anilines is 1. The number of hydrogen-bond acceptors (Lipinski definition) is 5. The SMILES string of the molecule is Cn1nnnc1NC(=O)c1cc(-c2cc(Cl)c(Cl)c(Cl)c2)nc2ccccc12. The van der Waals surface area contributed by atoms with Crippen LogP contribution in [0.4, 0.5) is 5.95 Å². The van der Waals surface area contributed by atoms with Gasteiger partial charge in [0.2, 0.25) is 5.95 Å². The minimum Gasteiger partial charge on any atom is -0.289 e. The lowest BCUT2D eigenvalue weighted by Gasteiger charge is -2.11. The highest BCUT2D eigenvalue weighted by molar-refractivity contribution is 6.48. The van der Waals surface area contributed by atoms with Gasteiger partial charge >= 0.3 is 0 Å². The van der Waals surface area contributed by atoms with Crippen LogP contribution in [0.2, 0.25) is 15.1 Å². The van der Waals surface area contributed by atoms with Gasteiger partial charge in [-0.05, 0) is 34.7 Å². The Morgan fingerprint density at radius 1 is 1.07 bits per heavy atom. The molecule has 0 saturated carbocycles. The molecule has 2 aromatic carbocycles. The second-order valence-corrected chi connectivity index (χ2v) is 7.10. The Balaban J connectivity index is 1.86. The Bertz CT molecular complexity index is 1200. The molecule has 4 rings (SSSR count). The average molecular weight is 434 g/mol. The number of nitrogens with one attached hydrogen (secondary N) is 1. The van der Waals surface area contributed by atoms with E-state index in [-0.39, 0.29) is 16.9 Å². The molecule has 4 aromatic rings. The summed E-state index contributed by atoms with van der Waals surface area (Å²) in [5.74, 6) is -0.145. The molecule has 0 aliphatic rings. The maximum Gasteiger partial charge on any atom is 0.258 e. The van der Waals surface area contributed by atoms with Crippen LogP contribution in [0.1, 0.15) is 10.4 Å². The van der Waals surface area contributed by atoms with Crippen molar-refractivity contribution in [3.63, 3.8) is 0 Å². The molecule has 7 nitrogen and oxygen atoms in total. The van der Waals surface area contributed by atoms with Crippen LogP contribution in [-0.4, -0.2) is 31.1 Å².